The second kappa shape index (κ2) is 5.43. The van der Waals surface area contributed by atoms with Crippen molar-refractivity contribution in [2.45, 2.75) is 6.54 Å². The summed E-state index contributed by atoms with van der Waals surface area (Å²) in [4.78, 5) is 22.2. The molecule has 0 aliphatic carbocycles. The molecule has 1 aromatic carbocycles. The second-order valence-electron chi connectivity index (χ2n) is 4.11. The highest BCUT2D eigenvalue weighted by atomic mass is 16.5. The van der Waals surface area contributed by atoms with E-state index in [0.29, 0.717) is 0 Å². The van der Waals surface area contributed by atoms with Gasteiger partial charge in [-0.3, -0.25) is 9.59 Å². The van der Waals surface area contributed by atoms with Crippen LogP contribution >= 0.6 is 0 Å². The van der Waals surface area contributed by atoms with E-state index in [-0.39, 0.29) is 19.0 Å². The molecule has 19 heavy (non-hydrogen) atoms. The number of nitrogens with zero attached hydrogens (tertiary/aromatic N) is 1. The summed E-state index contributed by atoms with van der Waals surface area (Å²) in [6.07, 6.45) is 1.81. The number of rotatable bonds is 5. The molecule has 6 heteroatoms. The molecule has 0 saturated heterocycles. The summed E-state index contributed by atoms with van der Waals surface area (Å²) < 4.78 is 6.93. The topological polar surface area (TPSA) is 86.3 Å². The summed E-state index contributed by atoms with van der Waals surface area (Å²) in [5.41, 5.74) is 5.89. The SMILES string of the molecule is COc1ccc2c(ccn2CC(=O)NCC(N)=O)c1. The Morgan fingerprint density at radius 1 is 1.37 bits per heavy atom. The Morgan fingerprint density at radius 3 is 2.84 bits per heavy atom. The number of hydrogen-bond acceptors (Lipinski definition) is 3. The van der Waals surface area contributed by atoms with Crippen LogP contribution in [0.3, 0.4) is 0 Å². The first kappa shape index (κ1) is 12.9. The lowest BCUT2D eigenvalue weighted by atomic mass is 10.2. The summed E-state index contributed by atoms with van der Waals surface area (Å²) in [5.74, 6) is -0.0500. The molecular weight excluding hydrogens is 246 g/mol. The standard InChI is InChI=1S/C13H15N3O3/c1-19-10-2-3-11-9(6-10)4-5-16(11)8-13(18)15-7-12(14)17/h2-6H,7-8H2,1H3,(H2,14,17)(H,15,18). The van der Waals surface area contributed by atoms with Gasteiger partial charge < -0.3 is 20.4 Å². The molecule has 0 bridgehead atoms. The third-order valence-corrected chi connectivity index (χ3v) is 2.75. The number of methoxy groups -OCH3 is 1. The van der Waals surface area contributed by atoms with E-state index in [1.165, 1.54) is 0 Å². The van der Waals surface area contributed by atoms with Crippen LogP contribution in [-0.2, 0) is 16.1 Å². The van der Waals surface area contributed by atoms with Gasteiger partial charge in [-0.05, 0) is 24.3 Å². The Bertz CT molecular complexity index is 619. The molecule has 2 aromatic rings. The van der Waals surface area contributed by atoms with Gasteiger partial charge in [-0.1, -0.05) is 0 Å². The molecule has 0 saturated carbocycles. The Morgan fingerprint density at radius 2 is 2.16 bits per heavy atom. The van der Waals surface area contributed by atoms with E-state index in [4.69, 9.17) is 10.5 Å². The number of aromatic nitrogens is 1. The molecule has 0 fully saturated rings. The van der Waals surface area contributed by atoms with Gasteiger partial charge in [0.05, 0.1) is 13.7 Å². The lowest BCUT2D eigenvalue weighted by Crippen LogP contribution is -2.35. The Hall–Kier alpha value is -2.50. The molecule has 6 nitrogen and oxygen atoms in total. The largest absolute Gasteiger partial charge is 0.497 e. The fraction of sp³-hybridized carbons (Fsp3) is 0.231. The third kappa shape index (κ3) is 3.04. The van der Waals surface area contributed by atoms with E-state index in [0.717, 1.165) is 16.7 Å². The first-order chi connectivity index (χ1) is 9.10. The van der Waals surface area contributed by atoms with E-state index >= 15 is 0 Å². The normalized spacial score (nSPS) is 10.4. The monoisotopic (exact) mass is 261 g/mol. The number of benzene rings is 1. The van der Waals surface area contributed by atoms with E-state index in [9.17, 15) is 9.59 Å². The number of carbonyl (C=O) groups excluding carboxylic acids is 2. The zero-order valence-corrected chi connectivity index (χ0v) is 10.6. The van der Waals surface area contributed by atoms with Gasteiger partial charge in [0.15, 0.2) is 0 Å². The summed E-state index contributed by atoms with van der Waals surface area (Å²) in [5, 5.41) is 3.44. The smallest absolute Gasteiger partial charge is 0.240 e. The van der Waals surface area contributed by atoms with Gasteiger partial charge >= 0.3 is 0 Å². The molecule has 0 spiro atoms. The van der Waals surface area contributed by atoms with Crippen molar-refractivity contribution in [1.82, 2.24) is 9.88 Å². The summed E-state index contributed by atoms with van der Waals surface area (Å²) in [6.45, 7) is -0.00499. The maximum Gasteiger partial charge on any atom is 0.240 e. The molecule has 0 atom stereocenters. The summed E-state index contributed by atoms with van der Waals surface area (Å²) >= 11 is 0. The molecule has 1 heterocycles. The minimum atomic E-state index is -0.560. The number of primary amides is 1. The number of nitrogens with two attached hydrogens (primary N) is 1. The van der Waals surface area contributed by atoms with Gasteiger partial charge in [0.25, 0.3) is 0 Å². The lowest BCUT2D eigenvalue weighted by molar-refractivity contribution is -0.125. The molecule has 0 aliphatic heterocycles. The van der Waals surface area contributed by atoms with Crippen molar-refractivity contribution in [3.05, 3.63) is 30.5 Å². The predicted octanol–water partition coefficient (Wildman–Crippen LogP) is 0.251. The number of nitrogens with one attached hydrogen (secondary N) is 1. The van der Waals surface area contributed by atoms with Crippen molar-refractivity contribution in [2.75, 3.05) is 13.7 Å². The van der Waals surface area contributed by atoms with Crippen LogP contribution in [0, 0.1) is 0 Å². The number of ether oxygens (including phenoxy) is 1. The Balaban J connectivity index is 2.13. The average Bonchev–Trinajstić information content (AvgIpc) is 2.78. The Kier molecular flexibility index (Phi) is 3.70. The van der Waals surface area contributed by atoms with Gasteiger partial charge in [-0.25, -0.2) is 0 Å². The highest BCUT2D eigenvalue weighted by Gasteiger charge is 2.07. The average molecular weight is 261 g/mol. The highest BCUT2D eigenvalue weighted by molar-refractivity contribution is 5.86. The lowest BCUT2D eigenvalue weighted by Gasteiger charge is -2.06. The third-order valence-electron chi connectivity index (χ3n) is 2.75. The van der Waals surface area contributed by atoms with E-state index in [1.54, 1.807) is 11.7 Å². The molecule has 2 amide bonds. The van der Waals surface area contributed by atoms with E-state index in [1.807, 2.05) is 30.5 Å². The molecule has 3 N–H and O–H groups in total. The van der Waals surface area contributed by atoms with Gasteiger partial charge in [0, 0.05) is 17.1 Å². The van der Waals surface area contributed by atoms with Crippen LogP contribution in [0.25, 0.3) is 10.9 Å². The van der Waals surface area contributed by atoms with Gasteiger partial charge in [0.1, 0.15) is 12.3 Å². The predicted molar refractivity (Wildman–Crippen MR) is 70.7 cm³/mol. The highest BCUT2D eigenvalue weighted by Crippen LogP contribution is 2.21. The number of carbonyl (C=O) groups is 2. The minimum absolute atomic E-state index is 0.142. The van der Waals surface area contributed by atoms with Crippen LogP contribution in [0.15, 0.2) is 30.5 Å². The van der Waals surface area contributed by atoms with Crippen LogP contribution < -0.4 is 15.8 Å². The summed E-state index contributed by atoms with van der Waals surface area (Å²) in [7, 11) is 1.61. The number of hydrogen-bond donors (Lipinski definition) is 2. The van der Waals surface area contributed by atoms with Crippen molar-refractivity contribution in [3.63, 3.8) is 0 Å². The van der Waals surface area contributed by atoms with Crippen LogP contribution in [0.2, 0.25) is 0 Å². The van der Waals surface area contributed by atoms with Crippen molar-refractivity contribution >= 4 is 22.7 Å². The Labute approximate surface area is 110 Å². The number of amides is 2. The van der Waals surface area contributed by atoms with Crippen molar-refractivity contribution in [2.24, 2.45) is 5.73 Å². The van der Waals surface area contributed by atoms with Crippen molar-refractivity contribution < 1.29 is 14.3 Å². The van der Waals surface area contributed by atoms with E-state index < -0.39 is 5.91 Å². The maximum absolute atomic E-state index is 11.6. The van der Waals surface area contributed by atoms with Crippen LogP contribution in [0.4, 0.5) is 0 Å². The maximum atomic E-state index is 11.6. The fourth-order valence-corrected chi connectivity index (χ4v) is 1.84. The number of fused-ring (bicyclic) bond motifs is 1. The zero-order valence-electron chi connectivity index (χ0n) is 10.6. The van der Waals surface area contributed by atoms with Crippen molar-refractivity contribution in [1.29, 1.82) is 0 Å². The second-order valence-corrected chi connectivity index (χ2v) is 4.11. The van der Waals surface area contributed by atoms with Crippen molar-refractivity contribution in [3.8, 4) is 5.75 Å². The molecule has 0 aliphatic rings. The van der Waals surface area contributed by atoms with E-state index in [2.05, 4.69) is 5.32 Å². The van der Waals surface area contributed by atoms with Gasteiger partial charge in [-0.2, -0.15) is 0 Å². The molecule has 0 radical (unpaired) electrons. The summed E-state index contributed by atoms with van der Waals surface area (Å²) in [6, 6.07) is 7.52. The van der Waals surface area contributed by atoms with Crippen LogP contribution in [0.5, 0.6) is 5.75 Å². The molecular formula is C13H15N3O3. The first-order valence-electron chi connectivity index (χ1n) is 5.78. The van der Waals surface area contributed by atoms with Crippen LogP contribution in [-0.4, -0.2) is 30.0 Å². The molecule has 1 aromatic heterocycles. The fourth-order valence-electron chi connectivity index (χ4n) is 1.84. The molecule has 0 unspecified atom stereocenters. The minimum Gasteiger partial charge on any atom is -0.497 e. The zero-order chi connectivity index (χ0) is 13.8. The first-order valence-corrected chi connectivity index (χ1v) is 5.78. The van der Waals surface area contributed by atoms with Gasteiger partial charge in [-0.15, -0.1) is 0 Å². The quantitative estimate of drug-likeness (QED) is 0.809. The molecule has 100 valence electrons. The molecule has 2 rings (SSSR count). The van der Waals surface area contributed by atoms with Gasteiger partial charge in [0.2, 0.25) is 11.8 Å². The van der Waals surface area contributed by atoms with Crippen LogP contribution in [0.1, 0.15) is 0 Å².